The van der Waals surface area contributed by atoms with Crippen molar-refractivity contribution in [1.82, 2.24) is 0 Å². The Morgan fingerprint density at radius 2 is 1.80 bits per heavy atom. The third-order valence-corrected chi connectivity index (χ3v) is 5.47. The molecule has 2 aromatic rings. The fourth-order valence-electron chi connectivity index (χ4n) is 4.28. The van der Waals surface area contributed by atoms with Crippen molar-refractivity contribution < 1.29 is 19.1 Å². The maximum absolute atomic E-state index is 13.0. The second kappa shape index (κ2) is 5.06. The van der Waals surface area contributed by atoms with E-state index in [0.717, 1.165) is 29.7 Å². The minimum Gasteiger partial charge on any atom is -0.497 e. The number of fused-ring (bicyclic) bond motifs is 5. The van der Waals surface area contributed by atoms with E-state index in [9.17, 15) is 9.59 Å². The number of hydrogen-bond donors (Lipinski definition) is 0. The lowest BCUT2D eigenvalue weighted by Crippen LogP contribution is -2.24. The molecule has 0 spiro atoms. The van der Waals surface area contributed by atoms with Crippen molar-refractivity contribution in [2.75, 3.05) is 7.11 Å². The highest BCUT2D eigenvalue weighted by Gasteiger charge is 2.48. The topological polar surface area (TPSA) is 52.6 Å². The number of allylic oxidation sites excluding steroid dienone is 1. The maximum Gasteiger partial charge on any atom is 0.228 e. The Labute approximate surface area is 145 Å². The van der Waals surface area contributed by atoms with Crippen molar-refractivity contribution in [3.8, 4) is 5.75 Å². The van der Waals surface area contributed by atoms with Gasteiger partial charge in [0.2, 0.25) is 5.78 Å². The van der Waals surface area contributed by atoms with Crippen LogP contribution in [0.15, 0.2) is 53.8 Å². The van der Waals surface area contributed by atoms with Crippen LogP contribution in [0.1, 0.15) is 44.4 Å². The summed E-state index contributed by atoms with van der Waals surface area (Å²) in [5.41, 5.74) is 3.72. The van der Waals surface area contributed by atoms with Gasteiger partial charge in [-0.05, 0) is 36.1 Å². The van der Waals surface area contributed by atoms with Crippen molar-refractivity contribution in [2.24, 2.45) is 5.92 Å². The van der Waals surface area contributed by atoms with Gasteiger partial charge >= 0.3 is 0 Å². The van der Waals surface area contributed by atoms with Gasteiger partial charge in [0.1, 0.15) is 11.9 Å². The predicted octanol–water partition coefficient (Wildman–Crippen LogP) is 3.66. The molecule has 0 aromatic heterocycles. The molecule has 124 valence electrons. The first kappa shape index (κ1) is 14.5. The number of hydrogen-bond acceptors (Lipinski definition) is 4. The molecule has 0 bridgehead atoms. The van der Waals surface area contributed by atoms with Gasteiger partial charge in [-0.2, -0.15) is 0 Å². The van der Waals surface area contributed by atoms with Crippen LogP contribution in [-0.2, 0) is 11.2 Å². The van der Waals surface area contributed by atoms with Crippen LogP contribution in [0.4, 0.5) is 0 Å². The van der Waals surface area contributed by atoms with Crippen LogP contribution in [0.5, 0.6) is 5.75 Å². The van der Waals surface area contributed by atoms with Gasteiger partial charge in [0, 0.05) is 17.0 Å². The molecule has 0 saturated heterocycles. The summed E-state index contributed by atoms with van der Waals surface area (Å²) in [6, 6.07) is 12.9. The fourth-order valence-corrected chi connectivity index (χ4v) is 4.28. The van der Waals surface area contributed by atoms with E-state index in [1.54, 1.807) is 31.4 Å². The largest absolute Gasteiger partial charge is 0.497 e. The Hall–Kier alpha value is -2.88. The van der Waals surface area contributed by atoms with Crippen LogP contribution in [0.2, 0.25) is 0 Å². The molecule has 1 aliphatic heterocycles. The van der Waals surface area contributed by atoms with Gasteiger partial charge < -0.3 is 9.47 Å². The Balaban J connectivity index is 1.60. The molecule has 25 heavy (non-hydrogen) atoms. The number of ketones is 2. The van der Waals surface area contributed by atoms with Crippen LogP contribution in [0.25, 0.3) is 0 Å². The molecule has 0 saturated carbocycles. The number of carbonyl (C=O) groups is 2. The zero-order valence-electron chi connectivity index (χ0n) is 13.7. The highest BCUT2D eigenvalue weighted by Crippen LogP contribution is 2.51. The van der Waals surface area contributed by atoms with E-state index in [0.29, 0.717) is 16.7 Å². The number of Topliss-reactive ketones (excluding diaryl/α,β-unsaturated/α-hetero) is 2. The maximum atomic E-state index is 13.0. The Bertz CT molecular complexity index is 970. The summed E-state index contributed by atoms with van der Waals surface area (Å²) in [5.74, 6) is 0.778. The van der Waals surface area contributed by atoms with Crippen molar-refractivity contribution in [3.63, 3.8) is 0 Å². The molecule has 2 atom stereocenters. The molecular formula is C21H16O4. The fraction of sp³-hybridized carbons (Fsp3) is 0.238. The normalized spacial score (nSPS) is 23.4. The number of methoxy groups -OCH3 is 1. The highest BCUT2D eigenvalue weighted by molar-refractivity contribution is 6.26. The van der Waals surface area contributed by atoms with Gasteiger partial charge in [-0.15, -0.1) is 0 Å². The minimum absolute atomic E-state index is 0.0549. The predicted molar refractivity (Wildman–Crippen MR) is 90.8 cm³/mol. The highest BCUT2D eigenvalue weighted by atomic mass is 16.5. The number of benzene rings is 2. The standard InChI is InChI=1S/C21H16O4/c1-24-12-7-9-13-11(10-12)6-8-16-17-18(22)14-4-2-3-5-15(14)19(23)21(17)25-20(13)16/h2-5,7,9-10,16,20H,6,8H2,1H3/t16-,20-/m1/s1. The summed E-state index contributed by atoms with van der Waals surface area (Å²) in [7, 11) is 1.65. The van der Waals surface area contributed by atoms with Crippen LogP contribution >= 0.6 is 0 Å². The van der Waals surface area contributed by atoms with Crippen LogP contribution < -0.4 is 4.74 Å². The summed E-state index contributed by atoms with van der Waals surface area (Å²) in [6.07, 6.45) is 1.38. The van der Waals surface area contributed by atoms with E-state index in [1.807, 2.05) is 18.2 Å². The molecule has 0 unspecified atom stereocenters. The molecule has 0 N–H and O–H groups in total. The zero-order valence-corrected chi connectivity index (χ0v) is 13.7. The molecule has 0 radical (unpaired) electrons. The molecule has 4 nitrogen and oxygen atoms in total. The van der Waals surface area contributed by atoms with Crippen LogP contribution in [0.3, 0.4) is 0 Å². The number of carbonyl (C=O) groups excluding carboxylic acids is 2. The average Bonchev–Trinajstić information content (AvgIpc) is 3.06. The Kier molecular flexibility index (Phi) is 2.93. The molecule has 2 aromatic carbocycles. The lowest BCUT2D eigenvalue weighted by molar-refractivity contribution is 0.0751. The number of ether oxygens (including phenoxy) is 2. The van der Waals surface area contributed by atoms with Crippen molar-refractivity contribution in [2.45, 2.75) is 18.9 Å². The smallest absolute Gasteiger partial charge is 0.228 e. The van der Waals surface area contributed by atoms with Gasteiger partial charge in [-0.1, -0.05) is 30.3 Å². The molecule has 2 aliphatic carbocycles. The summed E-state index contributed by atoms with van der Waals surface area (Å²) in [5, 5.41) is 0. The second-order valence-corrected chi connectivity index (χ2v) is 6.69. The minimum atomic E-state index is -0.262. The zero-order chi connectivity index (χ0) is 17.1. The van der Waals surface area contributed by atoms with Gasteiger partial charge in [-0.3, -0.25) is 9.59 Å². The van der Waals surface area contributed by atoms with Crippen LogP contribution in [0, 0.1) is 5.92 Å². The molecule has 0 fully saturated rings. The van der Waals surface area contributed by atoms with Gasteiger partial charge in [-0.25, -0.2) is 0 Å². The second-order valence-electron chi connectivity index (χ2n) is 6.69. The first-order chi connectivity index (χ1) is 12.2. The van der Waals surface area contributed by atoms with Crippen molar-refractivity contribution in [1.29, 1.82) is 0 Å². The third-order valence-electron chi connectivity index (χ3n) is 5.47. The van der Waals surface area contributed by atoms with Crippen LogP contribution in [-0.4, -0.2) is 18.7 Å². The van der Waals surface area contributed by atoms with Crippen molar-refractivity contribution >= 4 is 11.6 Å². The van der Waals surface area contributed by atoms with Gasteiger partial charge in [0.25, 0.3) is 0 Å². The molecule has 5 rings (SSSR count). The monoisotopic (exact) mass is 332 g/mol. The van der Waals surface area contributed by atoms with E-state index in [-0.39, 0.29) is 29.3 Å². The van der Waals surface area contributed by atoms with E-state index < -0.39 is 0 Å². The van der Waals surface area contributed by atoms with E-state index in [2.05, 4.69) is 0 Å². The lowest BCUT2D eigenvalue weighted by Gasteiger charge is -2.28. The third kappa shape index (κ3) is 1.88. The molecule has 1 heterocycles. The Morgan fingerprint density at radius 3 is 2.56 bits per heavy atom. The van der Waals surface area contributed by atoms with Gasteiger partial charge in [0.15, 0.2) is 11.5 Å². The lowest BCUT2D eigenvalue weighted by atomic mass is 9.75. The summed E-state index contributed by atoms with van der Waals surface area (Å²) in [4.78, 5) is 25.8. The number of aryl methyl sites for hydroxylation is 1. The molecule has 0 amide bonds. The quantitative estimate of drug-likeness (QED) is 0.800. The van der Waals surface area contributed by atoms with Crippen molar-refractivity contribution in [3.05, 3.63) is 76.1 Å². The van der Waals surface area contributed by atoms with Gasteiger partial charge in [0.05, 0.1) is 12.7 Å². The summed E-state index contributed by atoms with van der Waals surface area (Å²) >= 11 is 0. The Morgan fingerprint density at radius 1 is 1.04 bits per heavy atom. The molecule has 3 aliphatic rings. The summed E-state index contributed by atoms with van der Waals surface area (Å²) < 4.78 is 11.4. The van der Waals surface area contributed by atoms with E-state index in [4.69, 9.17) is 9.47 Å². The molecule has 4 heteroatoms. The SMILES string of the molecule is COc1ccc2c(c1)CC[C@@H]1C3=C(O[C@H]21)C(=O)c1ccccc1C3=O. The number of rotatable bonds is 1. The summed E-state index contributed by atoms with van der Waals surface area (Å²) in [6.45, 7) is 0. The van der Waals surface area contributed by atoms with E-state index >= 15 is 0 Å². The first-order valence-corrected chi connectivity index (χ1v) is 8.45. The first-order valence-electron chi connectivity index (χ1n) is 8.45. The van der Waals surface area contributed by atoms with E-state index in [1.165, 1.54) is 0 Å². The average molecular weight is 332 g/mol. The molecular weight excluding hydrogens is 316 g/mol.